The van der Waals surface area contributed by atoms with Crippen LogP contribution < -0.4 is 0 Å². The van der Waals surface area contributed by atoms with Crippen LogP contribution in [0.3, 0.4) is 0 Å². The lowest BCUT2D eigenvalue weighted by molar-refractivity contribution is -0.437. The molecule has 9 atom stereocenters. The summed E-state index contributed by atoms with van der Waals surface area (Å²) in [7, 11) is 0. The summed E-state index contributed by atoms with van der Waals surface area (Å²) < 4.78 is 5.77. The van der Waals surface area contributed by atoms with E-state index < -0.39 is 62.6 Å². The second kappa shape index (κ2) is 4.93. The van der Waals surface area contributed by atoms with Crippen LogP contribution in [0.4, 0.5) is 0 Å². The minimum Gasteiger partial charge on any atom is -0.391 e. The van der Waals surface area contributed by atoms with E-state index in [1.807, 2.05) is 13.8 Å². The second-order valence-corrected chi connectivity index (χ2v) is 11.0. The van der Waals surface area contributed by atoms with Crippen molar-refractivity contribution in [3.63, 3.8) is 0 Å². The third kappa shape index (κ3) is 1.59. The van der Waals surface area contributed by atoms with Crippen molar-refractivity contribution >= 4 is 27.5 Å². The van der Waals surface area contributed by atoms with Crippen LogP contribution in [0.1, 0.15) is 33.1 Å². The number of hydrogen-bond donors (Lipinski definition) is 3. The lowest BCUT2D eigenvalue weighted by Crippen LogP contribution is -2.85. The number of fused-ring (bicyclic) bond motifs is 2. The maximum atomic E-state index is 13.6. The van der Waals surface area contributed by atoms with Gasteiger partial charge in [-0.2, -0.15) is 0 Å². The fourth-order valence-corrected chi connectivity index (χ4v) is 8.98. The van der Waals surface area contributed by atoms with Gasteiger partial charge < -0.3 is 20.1 Å². The van der Waals surface area contributed by atoms with Crippen LogP contribution in [0.15, 0.2) is 12.2 Å². The van der Waals surface area contributed by atoms with E-state index in [0.29, 0.717) is 19.3 Å². The van der Waals surface area contributed by atoms with E-state index in [1.165, 1.54) is 0 Å². The Morgan fingerprint density at radius 1 is 1.19 bits per heavy atom. The zero-order valence-electron chi connectivity index (χ0n) is 15.4. The van der Waals surface area contributed by atoms with E-state index in [1.54, 1.807) is 0 Å². The van der Waals surface area contributed by atoms with E-state index in [-0.39, 0.29) is 18.0 Å². The summed E-state index contributed by atoms with van der Waals surface area (Å²) in [5.74, 6) is -4.35. The molecule has 27 heavy (non-hydrogen) atoms. The molecule has 0 aromatic carbocycles. The molecular formula is C20H25BrO6. The largest absolute Gasteiger partial charge is 0.391 e. The molecule has 1 unspecified atom stereocenters. The molecule has 6 aliphatic rings. The average Bonchev–Trinajstić information content (AvgIpc) is 2.70. The summed E-state index contributed by atoms with van der Waals surface area (Å²) in [6.45, 7) is 7.79. The molecule has 6 nitrogen and oxygen atoms in total. The molecule has 2 spiro atoms. The lowest BCUT2D eigenvalue weighted by Gasteiger charge is -2.73. The highest BCUT2D eigenvalue weighted by Gasteiger charge is 2.87. The molecule has 0 aromatic rings. The summed E-state index contributed by atoms with van der Waals surface area (Å²) in [5, 5.41) is 34.1. The first-order chi connectivity index (χ1) is 12.5. The second-order valence-electron chi connectivity index (χ2n) is 9.88. The number of aliphatic hydroxyl groups is 3. The van der Waals surface area contributed by atoms with Gasteiger partial charge in [-0.1, -0.05) is 36.4 Å². The van der Waals surface area contributed by atoms with Gasteiger partial charge in [0.15, 0.2) is 11.6 Å². The minimum atomic E-state index is -2.21. The normalized spacial score (nSPS) is 58.2. The summed E-state index contributed by atoms with van der Waals surface area (Å²) >= 11 is 3.51. The van der Waals surface area contributed by atoms with E-state index in [9.17, 15) is 24.9 Å². The number of ether oxygens (including phenoxy) is 1. The molecule has 0 aromatic heterocycles. The number of aliphatic hydroxyl groups excluding tert-OH is 2. The molecule has 2 heterocycles. The summed E-state index contributed by atoms with van der Waals surface area (Å²) in [4.78, 5) is 26.5. The number of Topliss-reactive ketones (excluding diaryl/α,β-unsaturated/α-hetero) is 2. The van der Waals surface area contributed by atoms with Gasteiger partial charge in [0.1, 0.15) is 11.5 Å². The number of alkyl halides is 1. The van der Waals surface area contributed by atoms with E-state index >= 15 is 0 Å². The highest BCUT2D eigenvalue weighted by molar-refractivity contribution is 9.10. The predicted molar refractivity (Wildman–Crippen MR) is 97.8 cm³/mol. The SMILES string of the molecule is C=C1C(=O)[C@]23[C@H](O)[C@H]1CC[C@H]2[C@@]12CO[C@]3(O)[C@@H](O)[C@@H]1C(C)(C)CC(Br)C2=O. The molecule has 2 saturated heterocycles. The summed E-state index contributed by atoms with van der Waals surface area (Å²) in [6.07, 6.45) is -1.07. The number of carbonyl (C=O) groups excluding carboxylic acids is 2. The Morgan fingerprint density at radius 3 is 2.52 bits per heavy atom. The van der Waals surface area contributed by atoms with Gasteiger partial charge >= 0.3 is 0 Å². The van der Waals surface area contributed by atoms with Crippen molar-refractivity contribution in [1.29, 1.82) is 0 Å². The minimum absolute atomic E-state index is 0.0425. The Balaban J connectivity index is 1.83. The topological polar surface area (TPSA) is 104 Å². The Bertz CT molecular complexity index is 793. The summed E-state index contributed by atoms with van der Waals surface area (Å²) in [5.41, 5.74) is -3.03. The van der Waals surface area contributed by atoms with Gasteiger partial charge in [-0.05, 0) is 36.2 Å². The van der Waals surface area contributed by atoms with Crippen LogP contribution in [0, 0.1) is 34.0 Å². The van der Waals surface area contributed by atoms with Crippen molar-refractivity contribution in [3.8, 4) is 0 Å². The third-order valence-corrected chi connectivity index (χ3v) is 9.33. The molecule has 3 N–H and O–H groups in total. The van der Waals surface area contributed by atoms with Crippen molar-refractivity contribution in [2.45, 2.75) is 55.9 Å². The maximum Gasteiger partial charge on any atom is 0.208 e. The first-order valence-corrected chi connectivity index (χ1v) is 10.5. The molecule has 6 rings (SSSR count). The molecule has 7 heteroatoms. The number of carbonyl (C=O) groups is 2. The van der Waals surface area contributed by atoms with Crippen molar-refractivity contribution in [2.24, 2.45) is 34.0 Å². The van der Waals surface area contributed by atoms with Gasteiger partial charge in [-0.3, -0.25) is 9.59 Å². The van der Waals surface area contributed by atoms with Crippen molar-refractivity contribution in [2.75, 3.05) is 6.61 Å². The number of hydrogen-bond acceptors (Lipinski definition) is 6. The zero-order valence-corrected chi connectivity index (χ0v) is 17.0. The first kappa shape index (κ1) is 18.4. The standard InChI is InChI=1S/C20H25BrO6/c1-8-9-4-5-11-18-7-27-20(26,19(11,13(8)22)14(9)23)16(25)12(18)17(2,3)6-10(21)15(18)24/h9-12,14,16,23,25-26H,1,4-7H2,2-3H3/t9-,10?,11-,12+,14+,16-,18-,19-,20+/m0/s1. The van der Waals surface area contributed by atoms with E-state index in [2.05, 4.69) is 22.5 Å². The van der Waals surface area contributed by atoms with Gasteiger partial charge in [0.25, 0.3) is 0 Å². The Kier molecular flexibility index (Phi) is 3.36. The fourth-order valence-electron chi connectivity index (χ4n) is 7.72. The fraction of sp³-hybridized carbons (Fsp3) is 0.800. The van der Waals surface area contributed by atoms with Crippen LogP contribution in [-0.4, -0.2) is 56.3 Å². The van der Waals surface area contributed by atoms with Gasteiger partial charge in [0, 0.05) is 11.8 Å². The molecule has 0 amide bonds. The number of halogens is 1. The Labute approximate surface area is 166 Å². The van der Waals surface area contributed by atoms with Gasteiger partial charge in [-0.25, -0.2) is 0 Å². The number of ketones is 2. The predicted octanol–water partition coefficient (Wildman–Crippen LogP) is 0.957. The number of rotatable bonds is 0. The Hall–Kier alpha value is -0.600. The molecule has 148 valence electrons. The molecule has 4 bridgehead atoms. The van der Waals surface area contributed by atoms with E-state index in [0.717, 1.165) is 0 Å². The van der Waals surface area contributed by atoms with Gasteiger partial charge in [0.2, 0.25) is 5.79 Å². The van der Waals surface area contributed by atoms with Crippen LogP contribution in [-0.2, 0) is 14.3 Å². The lowest BCUT2D eigenvalue weighted by atomic mass is 9.36. The first-order valence-electron chi connectivity index (χ1n) is 9.62. The monoisotopic (exact) mass is 440 g/mol. The molecule has 4 saturated carbocycles. The van der Waals surface area contributed by atoms with Crippen LogP contribution >= 0.6 is 15.9 Å². The zero-order chi connectivity index (χ0) is 19.7. The van der Waals surface area contributed by atoms with Crippen molar-refractivity contribution < 1.29 is 29.6 Å². The Morgan fingerprint density at radius 2 is 1.85 bits per heavy atom. The highest BCUT2D eigenvalue weighted by atomic mass is 79.9. The molecule has 6 fully saturated rings. The van der Waals surface area contributed by atoms with Crippen LogP contribution in [0.5, 0.6) is 0 Å². The highest BCUT2D eigenvalue weighted by Crippen LogP contribution is 2.75. The van der Waals surface area contributed by atoms with Gasteiger partial charge in [0.05, 0.1) is 23.0 Å². The molecule has 4 aliphatic carbocycles. The van der Waals surface area contributed by atoms with Crippen molar-refractivity contribution in [3.05, 3.63) is 12.2 Å². The molecule has 0 radical (unpaired) electrons. The third-order valence-electron chi connectivity index (χ3n) is 8.59. The maximum absolute atomic E-state index is 13.6. The smallest absolute Gasteiger partial charge is 0.208 e. The van der Waals surface area contributed by atoms with E-state index in [4.69, 9.17) is 4.74 Å². The average molecular weight is 441 g/mol. The van der Waals surface area contributed by atoms with Crippen LogP contribution in [0.25, 0.3) is 0 Å². The molecular weight excluding hydrogens is 416 g/mol. The van der Waals surface area contributed by atoms with Crippen LogP contribution in [0.2, 0.25) is 0 Å². The summed E-state index contributed by atoms with van der Waals surface area (Å²) in [6, 6.07) is 0. The quantitative estimate of drug-likeness (QED) is 0.382. The van der Waals surface area contributed by atoms with Gasteiger partial charge in [-0.15, -0.1) is 0 Å². The van der Waals surface area contributed by atoms with Crippen molar-refractivity contribution in [1.82, 2.24) is 0 Å². The molecule has 2 aliphatic heterocycles.